The lowest BCUT2D eigenvalue weighted by atomic mass is 9.58. The largest absolute Gasteiger partial charge is 0.380 e. The molecule has 1 aliphatic carbocycles. The van der Waals surface area contributed by atoms with Gasteiger partial charge in [-0.05, 0) is 18.2 Å². The molecule has 0 aliphatic heterocycles. The number of nitrogens with one attached hydrogen (secondary N) is 2. The SMILES string of the molecule is CCNS(=O)(=O)c1ccc(F)c(C(=O)N[C@@H]2[C@H](C)[C@H](OC)C2(C)C)c1. The minimum absolute atomic E-state index is 0.0110. The van der Waals surface area contributed by atoms with Crippen molar-refractivity contribution < 1.29 is 22.3 Å². The fraction of sp³-hybridized carbons (Fsp3) is 0.588. The van der Waals surface area contributed by atoms with Crippen LogP contribution in [0.5, 0.6) is 0 Å². The van der Waals surface area contributed by atoms with Crippen LogP contribution < -0.4 is 10.0 Å². The third kappa shape index (κ3) is 3.56. The number of ether oxygens (including phenoxy) is 1. The van der Waals surface area contributed by atoms with Gasteiger partial charge in [0, 0.05) is 31.0 Å². The van der Waals surface area contributed by atoms with E-state index in [1.165, 1.54) is 0 Å². The quantitative estimate of drug-likeness (QED) is 0.799. The third-order valence-corrected chi connectivity index (χ3v) is 6.45. The van der Waals surface area contributed by atoms with E-state index in [-0.39, 0.29) is 40.5 Å². The van der Waals surface area contributed by atoms with E-state index >= 15 is 0 Å². The molecule has 1 saturated carbocycles. The van der Waals surface area contributed by atoms with Crippen LogP contribution in [0.4, 0.5) is 4.39 Å². The molecule has 1 fully saturated rings. The molecule has 0 aromatic heterocycles. The van der Waals surface area contributed by atoms with Crippen molar-refractivity contribution in [2.75, 3.05) is 13.7 Å². The molecule has 0 saturated heterocycles. The van der Waals surface area contributed by atoms with Gasteiger partial charge in [-0.1, -0.05) is 27.7 Å². The second-order valence-electron chi connectivity index (χ2n) is 6.93. The Kier molecular flexibility index (Phi) is 5.56. The molecule has 2 N–H and O–H groups in total. The van der Waals surface area contributed by atoms with Crippen LogP contribution in [-0.2, 0) is 14.8 Å². The van der Waals surface area contributed by atoms with Crippen molar-refractivity contribution in [1.82, 2.24) is 10.0 Å². The zero-order valence-electron chi connectivity index (χ0n) is 15.1. The van der Waals surface area contributed by atoms with E-state index in [1.54, 1.807) is 14.0 Å². The molecule has 1 aliphatic rings. The maximum absolute atomic E-state index is 14.1. The fourth-order valence-corrected chi connectivity index (χ4v) is 4.83. The maximum atomic E-state index is 14.1. The molecule has 3 atom stereocenters. The Balaban J connectivity index is 2.26. The number of halogens is 1. The molecule has 8 heteroatoms. The molecule has 0 radical (unpaired) electrons. The molecule has 1 aromatic carbocycles. The summed E-state index contributed by atoms with van der Waals surface area (Å²) < 4.78 is 46.0. The number of hydrogen-bond donors (Lipinski definition) is 2. The normalized spacial score (nSPS) is 25.3. The van der Waals surface area contributed by atoms with Crippen LogP contribution in [0.1, 0.15) is 38.1 Å². The van der Waals surface area contributed by atoms with E-state index in [0.29, 0.717) is 0 Å². The number of carbonyl (C=O) groups is 1. The molecule has 0 heterocycles. The molecule has 6 nitrogen and oxygen atoms in total. The highest BCUT2D eigenvalue weighted by Crippen LogP contribution is 2.47. The van der Waals surface area contributed by atoms with E-state index in [0.717, 1.165) is 18.2 Å². The van der Waals surface area contributed by atoms with Crippen molar-refractivity contribution in [2.45, 2.75) is 44.7 Å². The van der Waals surface area contributed by atoms with Gasteiger partial charge < -0.3 is 10.1 Å². The number of amides is 1. The van der Waals surface area contributed by atoms with Gasteiger partial charge in [-0.15, -0.1) is 0 Å². The molecule has 140 valence electrons. The molecule has 2 rings (SSSR count). The first-order chi connectivity index (χ1) is 11.6. The van der Waals surface area contributed by atoms with Crippen molar-refractivity contribution in [1.29, 1.82) is 0 Å². The van der Waals surface area contributed by atoms with Gasteiger partial charge in [-0.25, -0.2) is 17.5 Å². The molecule has 0 spiro atoms. The van der Waals surface area contributed by atoms with Crippen LogP contribution in [0.25, 0.3) is 0 Å². The Labute approximate surface area is 148 Å². The van der Waals surface area contributed by atoms with Gasteiger partial charge in [-0.2, -0.15) is 0 Å². The Bertz CT molecular complexity index is 764. The van der Waals surface area contributed by atoms with Gasteiger partial charge in [0.25, 0.3) is 5.91 Å². The highest BCUT2D eigenvalue weighted by Gasteiger charge is 2.55. The highest BCUT2D eigenvalue weighted by molar-refractivity contribution is 7.89. The zero-order valence-corrected chi connectivity index (χ0v) is 15.9. The minimum Gasteiger partial charge on any atom is -0.380 e. The van der Waals surface area contributed by atoms with Crippen molar-refractivity contribution >= 4 is 15.9 Å². The van der Waals surface area contributed by atoms with Crippen molar-refractivity contribution in [3.63, 3.8) is 0 Å². The summed E-state index contributed by atoms with van der Waals surface area (Å²) >= 11 is 0. The number of benzene rings is 1. The summed E-state index contributed by atoms with van der Waals surface area (Å²) in [5.74, 6) is -1.33. The Morgan fingerprint density at radius 3 is 2.52 bits per heavy atom. The second-order valence-corrected chi connectivity index (χ2v) is 8.70. The average Bonchev–Trinajstić information content (AvgIpc) is 2.52. The van der Waals surface area contributed by atoms with Gasteiger partial charge in [0.2, 0.25) is 10.0 Å². The number of rotatable bonds is 6. The minimum atomic E-state index is -3.77. The second kappa shape index (κ2) is 7.01. The lowest BCUT2D eigenvalue weighted by Crippen LogP contribution is -2.67. The first-order valence-electron chi connectivity index (χ1n) is 8.19. The van der Waals surface area contributed by atoms with Crippen molar-refractivity contribution in [2.24, 2.45) is 11.3 Å². The van der Waals surface area contributed by atoms with Crippen LogP contribution in [0.2, 0.25) is 0 Å². The first-order valence-corrected chi connectivity index (χ1v) is 9.67. The number of carbonyl (C=O) groups excluding carboxylic acids is 1. The predicted octanol–water partition coefficient (Wildman–Crippen LogP) is 1.91. The summed E-state index contributed by atoms with van der Waals surface area (Å²) in [6, 6.07) is 3.00. The standard InChI is InChI=1S/C17H25FN2O4S/c1-6-19-25(22,23)11-7-8-13(18)12(9-11)16(21)20-14-10(2)15(24-5)17(14,3)4/h7-10,14-15,19H,6H2,1-5H3,(H,20,21)/t10-,14+,15-/m0/s1. The maximum Gasteiger partial charge on any atom is 0.254 e. The van der Waals surface area contributed by atoms with E-state index in [9.17, 15) is 17.6 Å². The number of methoxy groups -OCH3 is 1. The highest BCUT2D eigenvalue weighted by atomic mass is 32.2. The zero-order chi connectivity index (χ0) is 19.0. The monoisotopic (exact) mass is 372 g/mol. The third-order valence-electron chi connectivity index (χ3n) is 4.91. The lowest BCUT2D eigenvalue weighted by molar-refractivity contribution is -0.141. The molecule has 1 aromatic rings. The number of sulfonamides is 1. The fourth-order valence-electron chi connectivity index (χ4n) is 3.76. The van der Waals surface area contributed by atoms with Gasteiger partial charge in [0.05, 0.1) is 16.6 Å². The van der Waals surface area contributed by atoms with E-state index in [1.807, 2.05) is 20.8 Å². The Hall–Kier alpha value is -1.51. The van der Waals surface area contributed by atoms with E-state index in [4.69, 9.17) is 4.74 Å². The van der Waals surface area contributed by atoms with Crippen molar-refractivity contribution in [3.8, 4) is 0 Å². The Morgan fingerprint density at radius 1 is 1.36 bits per heavy atom. The predicted molar refractivity (Wildman–Crippen MR) is 92.3 cm³/mol. The summed E-state index contributed by atoms with van der Waals surface area (Å²) in [5, 5.41) is 2.81. The van der Waals surface area contributed by atoms with E-state index in [2.05, 4.69) is 10.0 Å². The summed E-state index contributed by atoms with van der Waals surface area (Å²) in [5.41, 5.74) is -0.587. The summed E-state index contributed by atoms with van der Waals surface area (Å²) in [6.07, 6.45) is -0.0110. The smallest absolute Gasteiger partial charge is 0.254 e. The molecule has 0 unspecified atom stereocenters. The van der Waals surface area contributed by atoms with Gasteiger partial charge in [0.15, 0.2) is 0 Å². The van der Waals surface area contributed by atoms with Crippen LogP contribution in [0.15, 0.2) is 23.1 Å². The first kappa shape index (κ1) is 19.8. The Morgan fingerprint density at radius 2 is 2.00 bits per heavy atom. The topological polar surface area (TPSA) is 84.5 Å². The van der Waals surface area contributed by atoms with Gasteiger partial charge in [0.1, 0.15) is 5.82 Å². The van der Waals surface area contributed by atoms with Crippen molar-refractivity contribution in [3.05, 3.63) is 29.6 Å². The molecule has 0 bridgehead atoms. The molecule has 1 amide bonds. The number of hydrogen-bond acceptors (Lipinski definition) is 4. The summed E-state index contributed by atoms with van der Waals surface area (Å²) in [7, 11) is -2.15. The van der Waals surface area contributed by atoms with Crippen LogP contribution in [0, 0.1) is 17.2 Å². The lowest BCUT2D eigenvalue weighted by Gasteiger charge is -2.56. The van der Waals surface area contributed by atoms with Gasteiger partial charge in [-0.3, -0.25) is 4.79 Å². The molecular weight excluding hydrogens is 347 g/mol. The summed E-state index contributed by atoms with van der Waals surface area (Å²) in [4.78, 5) is 12.4. The van der Waals surface area contributed by atoms with Crippen LogP contribution >= 0.6 is 0 Å². The molecule has 25 heavy (non-hydrogen) atoms. The van der Waals surface area contributed by atoms with E-state index < -0.39 is 21.7 Å². The summed E-state index contributed by atoms with van der Waals surface area (Å²) in [6.45, 7) is 7.73. The average molecular weight is 372 g/mol. The van der Waals surface area contributed by atoms with Gasteiger partial charge >= 0.3 is 0 Å². The van der Waals surface area contributed by atoms with Crippen LogP contribution in [-0.4, -0.2) is 40.1 Å². The van der Waals surface area contributed by atoms with Crippen LogP contribution in [0.3, 0.4) is 0 Å². The molecular formula is C17H25FN2O4S.